The van der Waals surface area contributed by atoms with Gasteiger partial charge in [-0.3, -0.25) is 9.59 Å². The van der Waals surface area contributed by atoms with Crippen LogP contribution in [0, 0.1) is 0 Å². The molecule has 2 heterocycles. The number of benzene rings is 3. The largest absolute Gasteiger partial charge is 0.486 e. The summed E-state index contributed by atoms with van der Waals surface area (Å²) >= 11 is 1.70. The number of Topliss-reactive ketones (excluding diaryl/α,β-unsaturated/α-hetero) is 1. The summed E-state index contributed by atoms with van der Waals surface area (Å²) in [5.74, 6) is 2.48. The summed E-state index contributed by atoms with van der Waals surface area (Å²) < 4.78 is 13.2. The van der Waals surface area contributed by atoms with Crippen LogP contribution < -0.4 is 14.8 Å². The fourth-order valence-corrected chi connectivity index (χ4v) is 4.78. The van der Waals surface area contributed by atoms with Crippen molar-refractivity contribution >= 4 is 34.5 Å². The Bertz CT molecular complexity index is 1390. The second kappa shape index (κ2) is 10.9. The molecule has 0 radical (unpaired) electrons. The zero-order chi connectivity index (χ0) is 24.9. The molecule has 184 valence electrons. The molecule has 1 aromatic heterocycles. The first kappa shape index (κ1) is 23.9. The first-order chi connectivity index (χ1) is 17.6. The normalized spacial score (nSPS) is 13.4. The minimum absolute atomic E-state index is 0.0746. The molecule has 1 aliphatic heterocycles. The molecule has 0 fully saturated rings. The second-order valence-corrected chi connectivity index (χ2v) is 9.49. The fraction of sp³-hybridized carbons (Fsp3) is 0.250. The molecule has 8 heteroatoms. The quantitative estimate of drug-likeness (QED) is 0.328. The van der Waals surface area contributed by atoms with E-state index in [1.165, 1.54) is 0 Å². The number of ketones is 1. The van der Waals surface area contributed by atoms with Crippen molar-refractivity contribution in [2.24, 2.45) is 0 Å². The molecule has 0 spiro atoms. The van der Waals surface area contributed by atoms with E-state index in [-0.39, 0.29) is 24.3 Å². The lowest BCUT2D eigenvalue weighted by Gasteiger charge is -2.21. The molecule has 0 saturated carbocycles. The van der Waals surface area contributed by atoms with Crippen LogP contribution >= 0.6 is 11.8 Å². The topological polar surface area (TPSA) is 82.5 Å². The van der Waals surface area contributed by atoms with Crippen LogP contribution in [0.5, 0.6) is 11.5 Å². The van der Waals surface area contributed by atoms with Gasteiger partial charge < -0.3 is 19.4 Å². The van der Waals surface area contributed by atoms with Crippen LogP contribution in [0.25, 0.3) is 11.0 Å². The summed E-state index contributed by atoms with van der Waals surface area (Å²) in [4.78, 5) is 31.4. The number of hydrogen-bond donors (Lipinski definition) is 1. The van der Waals surface area contributed by atoms with Crippen molar-refractivity contribution in [1.82, 2.24) is 14.9 Å². The predicted octanol–water partition coefficient (Wildman–Crippen LogP) is 4.91. The third-order valence-electron chi connectivity index (χ3n) is 6.11. The third-order valence-corrected chi connectivity index (χ3v) is 6.76. The standard InChI is InChI=1S/C28H27N3O4S/c1-36-16-13-22(30-28(33)19-7-3-2-4-8-19)27-29-21-9-5-6-10-23(21)31(27)18-24(32)20-11-12-25-26(17-20)35-15-14-34-25/h2-12,17,22H,13-16,18H2,1H3,(H,30,33). The Morgan fingerprint density at radius 3 is 2.53 bits per heavy atom. The van der Waals surface area contributed by atoms with Crippen LogP contribution in [-0.2, 0) is 6.54 Å². The van der Waals surface area contributed by atoms with E-state index < -0.39 is 0 Å². The van der Waals surface area contributed by atoms with Gasteiger partial charge in [-0.1, -0.05) is 30.3 Å². The zero-order valence-electron chi connectivity index (χ0n) is 20.0. The highest BCUT2D eigenvalue weighted by Gasteiger charge is 2.24. The lowest BCUT2D eigenvalue weighted by atomic mass is 10.1. The fourth-order valence-electron chi connectivity index (χ4n) is 4.31. The van der Waals surface area contributed by atoms with E-state index in [2.05, 4.69) is 5.32 Å². The number of para-hydroxylation sites is 2. The average Bonchev–Trinajstić information content (AvgIpc) is 3.29. The van der Waals surface area contributed by atoms with E-state index in [4.69, 9.17) is 14.5 Å². The van der Waals surface area contributed by atoms with Crippen LogP contribution in [0.2, 0.25) is 0 Å². The van der Waals surface area contributed by atoms with E-state index >= 15 is 0 Å². The third kappa shape index (κ3) is 5.09. The Kier molecular flexibility index (Phi) is 7.23. The monoisotopic (exact) mass is 501 g/mol. The number of nitrogens with one attached hydrogen (secondary N) is 1. The van der Waals surface area contributed by atoms with Gasteiger partial charge in [-0.05, 0) is 60.9 Å². The molecule has 36 heavy (non-hydrogen) atoms. The number of aromatic nitrogens is 2. The van der Waals surface area contributed by atoms with Gasteiger partial charge in [-0.25, -0.2) is 4.98 Å². The van der Waals surface area contributed by atoms with Gasteiger partial charge in [-0.2, -0.15) is 11.8 Å². The summed E-state index contributed by atoms with van der Waals surface area (Å²) in [6.07, 6.45) is 2.71. The minimum atomic E-state index is -0.356. The maximum atomic E-state index is 13.4. The molecule has 1 aliphatic rings. The first-order valence-electron chi connectivity index (χ1n) is 11.9. The van der Waals surface area contributed by atoms with Crippen LogP contribution in [0.3, 0.4) is 0 Å². The van der Waals surface area contributed by atoms with Gasteiger partial charge in [0.1, 0.15) is 19.0 Å². The second-order valence-electron chi connectivity index (χ2n) is 8.50. The summed E-state index contributed by atoms with van der Waals surface area (Å²) in [5, 5.41) is 3.16. The number of imidazole rings is 1. The van der Waals surface area contributed by atoms with E-state index in [0.717, 1.165) is 16.8 Å². The van der Waals surface area contributed by atoms with Crippen molar-refractivity contribution in [2.75, 3.05) is 25.2 Å². The Balaban J connectivity index is 1.49. The van der Waals surface area contributed by atoms with E-state index in [1.54, 1.807) is 42.1 Å². The Morgan fingerprint density at radius 1 is 0.972 bits per heavy atom. The highest BCUT2D eigenvalue weighted by Crippen LogP contribution is 2.31. The highest BCUT2D eigenvalue weighted by molar-refractivity contribution is 7.98. The number of amides is 1. The first-order valence-corrected chi connectivity index (χ1v) is 13.3. The summed E-state index contributed by atoms with van der Waals surface area (Å²) in [6, 6.07) is 21.8. The van der Waals surface area contributed by atoms with Crippen molar-refractivity contribution < 1.29 is 19.1 Å². The molecular formula is C28H27N3O4S. The molecule has 0 bridgehead atoms. The Labute approximate surface area is 213 Å². The highest BCUT2D eigenvalue weighted by atomic mass is 32.2. The summed E-state index contributed by atoms with van der Waals surface area (Å²) in [7, 11) is 0. The van der Waals surface area contributed by atoms with Crippen molar-refractivity contribution in [3.63, 3.8) is 0 Å². The zero-order valence-corrected chi connectivity index (χ0v) is 20.8. The number of carbonyl (C=O) groups excluding carboxylic acids is 2. The van der Waals surface area contributed by atoms with Crippen LogP contribution in [0.4, 0.5) is 0 Å². The molecule has 0 aliphatic carbocycles. The van der Waals surface area contributed by atoms with Gasteiger partial charge >= 0.3 is 0 Å². The molecule has 4 aromatic rings. The lowest BCUT2D eigenvalue weighted by molar-refractivity contribution is 0.0933. The lowest BCUT2D eigenvalue weighted by Crippen LogP contribution is -2.31. The molecular weight excluding hydrogens is 474 g/mol. The van der Waals surface area contributed by atoms with Gasteiger partial charge in [0.15, 0.2) is 17.3 Å². The number of ether oxygens (including phenoxy) is 2. The van der Waals surface area contributed by atoms with Crippen molar-refractivity contribution in [1.29, 1.82) is 0 Å². The number of hydrogen-bond acceptors (Lipinski definition) is 6. The van der Waals surface area contributed by atoms with E-state index in [1.807, 2.05) is 53.3 Å². The number of nitrogens with zero attached hydrogens (tertiary/aromatic N) is 2. The molecule has 0 saturated heterocycles. The van der Waals surface area contributed by atoms with E-state index in [9.17, 15) is 9.59 Å². The van der Waals surface area contributed by atoms with Gasteiger partial charge in [0.2, 0.25) is 0 Å². The van der Waals surface area contributed by atoms with Crippen LogP contribution in [0.1, 0.15) is 39.0 Å². The average molecular weight is 502 g/mol. The number of carbonyl (C=O) groups is 2. The minimum Gasteiger partial charge on any atom is -0.486 e. The van der Waals surface area contributed by atoms with Crippen molar-refractivity contribution in [3.8, 4) is 11.5 Å². The molecule has 3 aromatic carbocycles. The maximum Gasteiger partial charge on any atom is 0.251 e. The number of fused-ring (bicyclic) bond motifs is 2. The van der Waals surface area contributed by atoms with Gasteiger partial charge in [0.25, 0.3) is 5.91 Å². The number of rotatable bonds is 9. The molecule has 1 unspecified atom stereocenters. The van der Waals surface area contributed by atoms with Crippen molar-refractivity contribution in [2.45, 2.75) is 19.0 Å². The summed E-state index contributed by atoms with van der Waals surface area (Å²) in [6.45, 7) is 1.04. The number of thioether (sulfide) groups is 1. The Morgan fingerprint density at radius 2 is 1.72 bits per heavy atom. The van der Waals surface area contributed by atoms with Crippen LogP contribution in [0.15, 0.2) is 72.8 Å². The van der Waals surface area contributed by atoms with Crippen molar-refractivity contribution in [3.05, 3.63) is 89.7 Å². The molecule has 1 N–H and O–H groups in total. The molecule has 1 amide bonds. The Hall–Kier alpha value is -3.78. The summed E-state index contributed by atoms with van der Waals surface area (Å²) in [5.41, 5.74) is 2.76. The van der Waals surface area contributed by atoms with Gasteiger partial charge in [-0.15, -0.1) is 0 Å². The van der Waals surface area contributed by atoms with Gasteiger partial charge in [0, 0.05) is 11.1 Å². The van der Waals surface area contributed by atoms with E-state index in [0.29, 0.717) is 48.1 Å². The molecule has 5 rings (SSSR count). The smallest absolute Gasteiger partial charge is 0.251 e. The maximum absolute atomic E-state index is 13.4. The van der Waals surface area contributed by atoms with Gasteiger partial charge in [0.05, 0.1) is 23.6 Å². The predicted molar refractivity (Wildman–Crippen MR) is 141 cm³/mol. The SMILES string of the molecule is CSCCC(NC(=O)c1ccccc1)c1nc2ccccc2n1CC(=O)c1ccc2c(c1)OCCO2. The molecule has 1 atom stereocenters. The van der Waals surface area contributed by atoms with Crippen LogP contribution in [-0.4, -0.2) is 46.5 Å². The molecule has 7 nitrogen and oxygen atoms in total.